The van der Waals surface area contributed by atoms with Crippen LogP contribution in [-0.4, -0.2) is 39.4 Å². The van der Waals surface area contributed by atoms with Crippen molar-refractivity contribution in [2.75, 3.05) is 0 Å². The van der Waals surface area contributed by atoms with Crippen LogP contribution >= 0.6 is 11.9 Å². The molecule has 6 heteroatoms. The van der Waals surface area contributed by atoms with Crippen LogP contribution in [0, 0.1) is 4.91 Å². The molecule has 4 nitrogen and oxygen atoms in total. The Labute approximate surface area is 61.5 Å². The van der Waals surface area contributed by atoms with Crippen LogP contribution in [0.4, 0.5) is 0 Å². The summed E-state index contributed by atoms with van der Waals surface area (Å²) in [6.45, 7) is 0. The van der Waals surface area contributed by atoms with E-state index in [-0.39, 0.29) is 29.6 Å². The zero-order chi connectivity index (χ0) is 4.71. The molecule has 0 aliphatic carbocycles. The van der Waals surface area contributed by atoms with Crippen molar-refractivity contribution in [3.63, 3.8) is 0 Å². The fourth-order valence-electron chi connectivity index (χ4n) is 0. The second kappa shape index (κ2) is 44.9. The Kier molecular flexibility index (Phi) is 119. The summed E-state index contributed by atoms with van der Waals surface area (Å²) in [6, 6.07) is 0. The van der Waals surface area contributed by atoms with Gasteiger partial charge in [0.05, 0.1) is 11.9 Å². The molecular weight excluding hydrogens is 120 g/mol. The summed E-state index contributed by atoms with van der Waals surface area (Å²) in [5.74, 6) is 0. The molecule has 0 bridgehead atoms. The van der Waals surface area contributed by atoms with Crippen molar-refractivity contribution in [2.24, 2.45) is 5.34 Å². The molecule has 0 spiro atoms. The van der Waals surface area contributed by atoms with E-state index in [9.17, 15) is 0 Å². The summed E-state index contributed by atoms with van der Waals surface area (Å²) < 4.78 is 6.47. The van der Waals surface area contributed by atoms with Crippen LogP contribution < -0.4 is 0 Å². The molecule has 0 unspecified atom stereocenters. The van der Waals surface area contributed by atoms with Gasteiger partial charge in [-0.1, -0.05) is 0 Å². The summed E-state index contributed by atoms with van der Waals surface area (Å²) in [4.78, 5) is 8.11. The molecule has 0 radical (unpaired) electrons. The van der Waals surface area contributed by atoms with E-state index in [1.165, 1.54) is 5.34 Å². The minimum atomic E-state index is 0. The molecule has 0 aromatic rings. The van der Waals surface area contributed by atoms with Gasteiger partial charge in [-0.3, -0.25) is 4.66 Å². The van der Waals surface area contributed by atoms with Crippen LogP contribution in [0.25, 0.3) is 0 Å². The molecule has 0 aliphatic heterocycles. The summed E-state index contributed by atoms with van der Waals surface area (Å²) >= 11 is 3.64. The van der Waals surface area contributed by atoms with Crippen molar-refractivity contribution >= 4 is 41.4 Å². The van der Waals surface area contributed by atoms with E-state index < -0.39 is 0 Å². The van der Waals surface area contributed by atoms with Gasteiger partial charge >= 0.3 is 29.6 Å². The Balaban J connectivity index is -0.0000000275. The van der Waals surface area contributed by atoms with E-state index in [4.69, 9.17) is 14.8 Å². The van der Waals surface area contributed by atoms with E-state index in [1.807, 2.05) is 0 Å². The molecule has 0 rings (SSSR count). The van der Waals surface area contributed by atoms with Crippen molar-refractivity contribution in [3.05, 3.63) is 4.91 Å². The molecule has 0 aliphatic rings. The Bertz CT molecular complexity index is 18.3. The van der Waals surface area contributed by atoms with Gasteiger partial charge in [-0.25, -0.2) is 0 Å². The van der Waals surface area contributed by atoms with Crippen molar-refractivity contribution in [1.29, 1.82) is 0 Å². The number of hydrogen-bond donors (Lipinski definition) is 2. The second-order valence-electron chi connectivity index (χ2n) is 0.0816. The molecule has 0 fully saturated rings. The summed E-state index contributed by atoms with van der Waals surface area (Å²) in [5.41, 5.74) is 0. The number of hydrogen-bond acceptors (Lipinski definition) is 3. The van der Waals surface area contributed by atoms with Gasteiger partial charge in [0.25, 0.3) is 0 Å². The second-order valence-corrected chi connectivity index (χ2v) is 0.0816. The minimum absolute atomic E-state index is 0. The first kappa shape index (κ1) is 15.9. The Morgan fingerprint density at radius 1 is 1.50 bits per heavy atom. The van der Waals surface area contributed by atoms with E-state index in [0.29, 0.717) is 0 Å². The quantitative estimate of drug-likeness (QED) is 0.262. The molecule has 0 aromatic carbocycles. The molecule has 0 aromatic heterocycles. The molecule has 34 valence electrons. The van der Waals surface area contributed by atoms with Crippen molar-refractivity contribution < 1.29 is 9.87 Å². The molecule has 0 heterocycles. The van der Waals surface area contributed by atoms with Gasteiger partial charge < -0.3 is 5.21 Å². The molecule has 2 N–H and O–H groups in total. The molecule has 0 atom stereocenters. The molecular formula is H3ClNNaO3. The fraction of sp³-hybridized carbons (Fsp3) is 0. The van der Waals surface area contributed by atoms with Gasteiger partial charge in [0, 0.05) is 0 Å². The van der Waals surface area contributed by atoms with E-state index in [2.05, 4.69) is 11.9 Å². The summed E-state index contributed by atoms with van der Waals surface area (Å²) in [6.07, 6.45) is 0. The van der Waals surface area contributed by atoms with Gasteiger partial charge in [-0.05, 0) is 0 Å². The molecule has 6 heavy (non-hydrogen) atoms. The van der Waals surface area contributed by atoms with Gasteiger partial charge in [0.2, 0.25) is 0 Å². The average Bonchev–Trinajstić information content (AvgIpc) is 1.46. The van der Waals surface area contributed by atoms with Crippen LogP contribution in [0.2, 0.25) is 0 Å². The van der Waals surface area contributed by atoms with E-state index in [0.717, 1.165) is 0 Å². The topological polar surface area (TPSA) is 69.9 Å². The Hall–Kier alpha value is 0.650. The Morgan fingerprint density at radius 3 is 1.50 bits per heavy atom. The zero-order valence-corrected chi connectivity index (χ0v) is 2.88. The standard InChI is InChI=1S/ClHO.HNO2.Na.H/c1-2;2-1-3;;/h2H;(H,2,3);;. The van der Waals surface area contributed by atoms with E-state index >= 15 is 0 Å². The van der Waals surface area contributed by atoms with Crippen LogP contribution in [0.1, 0.15) is 0 Å². The van der Waals surface area contributed by atoms with Gasteiger partial charge in [-0.15, -0.1) is 4.91 Å². The van der Waals surface area contributed by atoms with Crippen molar-refractivity contribution in [1.82, 2.24) is 0 Å². The fourth-order valence-corrected chi connectivity index (χ4v) is 0. The van der Waals surface area contributed by atoms with E-state index in [1.54, 1.807) is 0 Å². The zero-order valence-electron chi connectivity index (χ0n) is 2.13. The molecule has 0 saturated carbocycles. The van der Waals surface area contributed by atoms with Gasteiger partial charge in [0.1, 0.15) is 0 Å². The van der Waals surface area contributed by atoms with Crippen LogP contribution in [0.5, 0.6) is 0 Å². The monoisotopic (exact) mass is 123 g/mol. The SMILES string of the molecule is O=NO.OCl.[NaH]. The summed E-state index contributed by atoms with van der Waals surface area (Å²) in [7, 11) is 0. The van der Waals surface area contributed by atoms with Crippen molar-refractivity contribution in [2.45, 2.75) is 0 Å². The third-order valence-electron chi connectivity index (χ3n) is 0. The van der Waals surface area contributed by atoms with Crippen LogP contribution in [0.15, 0.2) is 5.34 Å². The number of nitrogens with zero attached hydrogens (tertiary/aromatic N) is 1. The van der Waals surface area contributed by atoms with Crippen LogP contribution in [0.3, 0.4) is 0 Å². The molecule has 0 saturated heterocycles. The van der Waals surface area contributed by atoms with Gasteiger partial charge in [-0.2, -0.15) is 0 Å². The molecule has 0 amide bonds. The average molecular weight is 123 g/mol. The predicted octanol–water partition coefficient (Wildman–Crippen LogP) is -0.374. The predicted molar refractivity (Wildman–Crippen MR) is 22.8 cm³/mol. The first-order valence-corrected chi connectivity index (χ1v) is 0.890. The van der Waals surface area contributed by atoms with Crippen molar-refractivity contribution in [3.8, 4) is 0 Å². The van der Waals surface area contributed by atoms with Crippen LogP contribution in [-0.2, 0) is 0 Å². The Morgan fingerprint density at radius 2 is 1.50 bits per heavy atom. The number of rotatable bonds is 0. The third kappa shape index (κ3) is 147. The van der Waals surface area contributed by atoms with Gasteiger partial charge in [0.15, 0.2) is 5.34 Å². The normalized spacial score (nSPS) is 3.00. The first-order chi connectivity index (χ1) is 2.41. The first-order valence-electron chi connectivity index (χ1n) is 0.552. The third-order valence-corrected chi connectivity index (χ3v) is 0. The summed E-state index contributed by atoms with van der Waals surface area (Å²) in [5, 5.41) is 7.89. The number of halogens is 1. The maximum absolute atomic E-state index is 8.11. The maximum atomic E-state index is 8.11.